The molecular weight excluding hydrogens is 358 g/mol. The highest BCUT2D eigenvalue weighted by Gasteiger charge is 2.25. The lowest BCUT2D eigenvalue weighted by Gasteiger charge is -2.17. The van der Waals surface area contributed by atoms with E-state index in [0.29, 0.717) is 0 Å². The first-order chi connectivity index (χ1) is 12.8. The molecule has 1 aromatic rings. The number of hydrogen-bond donors (Lipinski definition) is 2. The summed E-state index contributed by atoms with van der Waals surface area (Å²) in [5.41, 5.74) is -0.0173. The van der Waals surface area contributed by atoms with Gasteiger partial charge in [0.2, 0.25) is 0 Å². The maximum Gasteiger partial charge on any atom is 0.328 e. The number of ether oxygens (including phenoxy) is 2. The fraction of sp³-hybridized carbons (Fsp3) is 0.471. The first-order valence-corrected chi connectivity index (χ1v) is 8.43. The predicted octanol–water partition coefficient (Wildman–Crippen LogP) is 1.64. The fourth-order valence-electron chi connectivity index (χ4n) is 2.26. The van der Waals surface area contributed by atoms with E-state index in [1.54, 1.807) is 13.8 Å². The van der Waals surface area contributed by atoms with E-state index in [4.69, 9.17) is 9.47 Å². The molecule has 0 aliphatic carbocycles. The van der Waals surface area contributed by atoms with Gasteiger partial charge in [0.15, 0.2) is 0 Å². The van der Waals surface area contributed by atoms with Crippen LogP contribution in [0, 0.1) is 10.1 Å². The van der Waals surface area contributed by atoms with Gasteiger partial charge in [-0.05, 0) is 32.4 Å². The summed E-state index contributed by atoms with van der Waals surface area (Å²) in [6, 6.07) is 2.81. The molecule has 27 heavy (non-hydrogen) atoms. The number of hydrogen-bond acceptors (Lipinski definition) is 8. The van der Waals surface area contributed by atoms with Crippen LogP contribution in [0.2, 0.25) is 0 Å². The molecule has 0 saturated heterocycles. The number of rotatable bonds is 10. The molecule has 0 aliphatic heterocycles. The lowest BCUT2D eigenvalue weighted by Crippen LogP contribution is -2.42. The molecule has 2 N–H and O–H groups in total. The first-order valence-electron chi connectivity index (χ1n) is 8.43. The van der Waals surface area contributed by atoms with Gasteiger partial charge in [0, 0.05) is 25.1 Å². The molecule has 0 aromatic heterocycles. The molecule has 0 heterocycles. The van der Waals surface area contributed by atoms with Crippen molar-refractivity contribution in [1.29, 1.82) is 0 Å². The number of esters is 2. The van der Waals surface area contributed by atoms with Gasteiger partial charge in [0.1, 0.15) is 11.7 Å². The maximum atomic E-state index is 12.4. The van der Waals surface area contributed by atoms with Gasteiger partial charge in [0.25, 0.3) is 11.6 Å². The van der Waals surface area contributed by atoms with Gasteiger partial charge in [-0.3, -0.25) is 19.7 Å². The maximum absolute atomic E-state index is 12.4. The largest absolute Gasteiger partial charge is 0.466 e. The van der Waals surface area contributed by atoms with Gasteiger partial charge in [-0.25, -0.2) is 4.79 Å². The highest BCUT2D eigenvalue weighted by Crippen LogP contribution is 2.25. The third-order valence-electron chi connectivity index (χ3n) is 3.54. The van der Waals surface area contributed by atoms with Crippen LogP contribution in [0.5, 0.6) is 0 Å². The van der Waals surface area contributed by atoms with E-state index in [0.717, 1.165) is 6.07 Å². The van der Waals surface area contributed by atoms with Gasteiger partial charge in [-0.2, -0.15) is 0 Å². The van der Waals surface area contributed by atoms with Crippen LogP contribution in [0.25, 0.3) is 0 Å². The van der Waals surface area contributed by atoms with Crippen molar-refractivity contribution in [2.45, 2.75) is 32.7 Å². The third kappa shape index (κ3) is 6.57. The summed E-state index contributed by atoms with van der Waals surface area (Å²) < 4.78 is 9.71. The second-order valence-corrected chi connectivity index (χ2v) is 5.36. The summed E-state index contributed by atoms with van der Waals surface area (Å²) in [6.45, 7) is 3.58. The molecule has 10 nitrogen and oxygen atoms in total. The lowest BCUT2D eigenvalue weighted by molar-refractivity contribution is -0.384. The van der Waals surface area contributed by atoms with Crippen LogP contribution in [0.3, 0.4) is 0 Å². The Balaban J connectivity index is 2.94. The molecule has 1 atom stereocenters. The molecule has 0 radical (unpaired) electrons. The van der Waals surface area contributed by atoms with Gasteiger partial charge in [-0.1, -0.05) is 0 Å². The molecule has 10 heteroatoms. The van der Waals surface area contributed by atoms with Crippen molar-refractivity contribution in [2.24, 2.45) is 0 Å². The third-order valence-corrected chi connectivity index (χ3v) is 3.54. The number of carbonyl (C=O) groups excluding carboxylic acids is 3. The van der Waals surface area contributed by atoms with Crippen molar-refractivity contribution >= 4 is 29.2 Å². The quantitative estimate of drug-likeness (QED) is 0.354. The van der Waals surface area contributed by atoms with Crippen molar-refractivity contribution in [1.82, 2.24) is 5.32 Å². The van der Waals surface area contributed by atoms with E-state index in [9.17, 15) is 24.5 Å². The van der Waals surface area contributed by atoms with Crippen molar-refractivity contribution in [3.63, 3.8) is 0 Å². The SMILES string of the molecule is CCOC(=O)CCC(NC(=O)c1ccc(NC)c([N+](=O)[O-])c1)C(=O)OCC. The molecule has 1 rings (SSSR count). The summed E-state index contributed by atoms with van der Waals surface area (Å²) in [4.78, 5) is 46.5. The van der Waals surface area contributed by atoms with Gasteiger partial charge in [0.05, 0.1) is 18.1 Å². The number of amides is 1. The fourth-order valence-corrected chi connectivity index (χ4v) is 2.26. The van der Waals surface area contributed by atoms with Crippen molar-refractivity contribution in [2.75, 3.05) is 25.6 Å². The first kappa shape index (κ1) is 21.9. The van der Waals surface area contributed by atoms with Crippen LogP contribution in [0.4, 0.5) is 11.4 Å². The topological polar surface area (TPSA) is 137 Å². The number of anilines is 1. The normalized spacial score (nSPS) is 11.2. The molecule has 1 unspecified atom stereocenters. The van der Waals surface area contributed by atoms with Crippen LogP contribution in [-0.4, -0.2) is 49.1 Å². The summed E-state index contributed by atoms with van der Waals surface area (Å²) in [6.07, 6.45) is -0.101. The second kappa shape index (κ2) is 10.7. The minimum Gasteiger partial charge on any atom is -0.466 e. The lowest BCUT2D eigenvalue weighted by atomic mass is 10.1. The Morgan fingerprint density at radius 3 is 2.41 bits per heavy atom. The highest BCUT2D eigenvalue weighted by atomic mass is 16.6. The highest BCUT2D eigenvalue weighted by molar-refractivity contribution is 5.98. The van der Waals surface area contributed by atoms with Crippen LogP contribution >= 0.6 is 0 Å². The van der Waals surface area contributed by atoms with E-state index in [1.165, 1.54) is 19.2 Å². The van der Waals surface area contributed by atoms with Crippen LogP contribution in [0.15, 0.2) is 18.2 Å². The standard InChI is InChI=1S/C17H23N3O7/c1-4-26-15(21)9-8-13(17(23)27-5-2)19-16(22)11-6-7-12(18-3)14(10-11)20(24)25/h6-7,10,13,18H,4-5,8-9H2,1-3H3,(H,19,22). The molecule has 0 aliphatic rings. The number of carbonyl (C=O) groups is 3. The van der Waals surface area contributed by atoms with E-state index in [-0.39, 0.29) is 43.0 Å². The summed E-state index contributed by atoms with van der Waals surface area (Å²) >= 11 is 0. The Bertz CT molecular complexity index is 706. The zero-order valence-electron chi connectivity index (χ0n) is 15.4. The van der Waals surface area contributed by atoms with E-state index < -0.39 is 28.8 Å². The zero-order valence-corrected chi connectivity index (χ0v) is 15.4. The molecule has 0 fully saturated rings. The van der Waals surface area contributed by atoms with Crippen molar-refractivity contribution < 1.29 is 28.8 Å². The summed E-state index contributed by atoms with van der Waals surface area (Å²) in [7, 11) is 1.52. The average Bonchev–Trinajstić information content (AvgIpc) is 2.64. The summed E-state index contributed by atoms with van der Waals surface area (Å²) in [5.74, 6) is -1.89. The molecule has 0 bridgehead atoms. The molecule has 148 valence electrons. The number of nitro benzene ring substituents is 1. The molecule has 1 aromatic carbocycles. The predicted molar refractivity (Wildman–Crippen MR) is 96.4 cm³/mol. The second-order valence-electron chi connectivity index (χ2n) is 5.36. The number of nitro groups is 1. The molecular formula is C17H23N3O7. The van der Waals surface area contributed by atoms with Gasteiger partial charge >= 0.3 is 11.9 Å². The summed E-state index contributed by atoms with van der Waals surface area (Å²) in [5, 5.41) is 16.2. The van der Waals surface area contributed by atoms with Crippen molar-refractivity contribution in [3.8, 4) is 0 Å². The Morgan fingerprint density at radius 1 is 1.19 bits per heavy atom. The average molecular weight is 381 g/mol. The monoisotopic (exact) mass is 381 g/mol. The van der Waals surface area contributed by atoms with Crippen LogP contribution in [0.1, 0.15) is 37.0 Å². The number of benzene rings is 1. The Kier molecular flexibility index (Phi) is 8.70. The number of nitrogens with zero attached hydrogens (tertiary/aromatic N) is 1. The Hall–Kier alpha value is -3.17. The minimum atomic E-state index is -1.08. The van der Waals surface area contributed by atoms with Gasteiger partial charge in [-0.15, -0.1) is 0 Å². The van der Waals surface area contributed by atoms with E-state index >= 15 is 0 Å². The van der Waals surface area contributed by atoms with Gasteiger partial charge < -0.3 is 20.1 Å². The zero-order chi connectivity index (χ0) is 20.4. The molecule has 1 amide bonds. The Morgan fingerprint density at radius 2 is 1.85 bits per heavy atom. The van der Waals surface area contributed by atoms with Crippen molar-refractivity contribution in [3.05, 3.63) is 33.9 Å². The van der Waals surface area contributed by atoms with Crippen LogP contribution in [-0.2, 0) is 19.1 Å². The van der Waals surface area contributed by atoms with Crippen LogP contribution < -0.4 is 10.6 Å². The smallest absolute Gasteiger partial charge is 0.328 e. The van der Waals surface area contributed by atoms with E-state index in [2.05, 4.69) is 10.6 Å². The Labute approximate surface area is 156 Å². The molecule has 0 saturated carbocycles. The molecule has 0 spiro atoms. The van der Waals surface area contributed by atoms with E-state index in [1.807, 2.05) is 0 Å². The minimum absolute atomic E-state index is 0.00568. The number of nitrogens with one attached hydrogen (secondary N) is 2.